The maximum absolute atomic E-state index is 11.8. The fourth-order valence-corrected chi connectivity index (χ4v) is 1.73. The average molecular weight is 250 g/mol. The van der Waals surface area contributed by atoms with E-state index >= 15 is 0 Å². The van der Waals surface area contributed by atoms with E-state index in [1.807, 2.05) is 45.0 Å². The zero-order valence-electron chi connectivity index (χ0n) is 11.4. The third-order valence-electron chi connectivity index (χ3n) is 2.70. The van der Waals surface area contributed by atoms with Crippen LogP contribution in [0.5, 0.6) is 5.75 Å². The fourth-order valence-electron chi connectivity index (χ4n) is 1.73. The van der Waals surface area contributed by atoms with Crippen molar-refractivity contribution in [2.75, 3.05) is 31.6 Å². The van der Waals surface area contributed by atoms with Gasteiger partial charge in [-0.25, -0.2) is 0 Å². The number of carbonyl (C=O) groups is 1. The van der Waals surface area contributed by atoms with Crippen LogP contribution in [-0.4, -0.2) is 37.0 Å². The van der Waals surface area contributed by atoms with Crippen LogP contribution >= 0.6 is 0 Å². The van der Waals surface area contributed by atoms with E-state index in [0.29, 0.717) is 13.2 Å². The van der Waals surface area contributed by atoms with Crippen LogP contribution < -0.4 is 10.1 Å². The SMILES string of the molecule is CCOc1cccc(NCC(=O)N(CC)CC)c1. The van der Waals surface area contributed by atoms with Crippen molar-refractivity contribution in [1.82, 2.24) is 4.90 Å². The van der Waals surface area contributed by atoms with E-state index in [4.69, 9.17) is 4.74 Å². The van der Waals surface area contributed by atoms with E-state index in [-0.39, 0.29) is 5.91 Å². The van der Waals surface area contributed by atoms with Gasteiger partial charge in [0.2, 0.25) is 5.91 Å². The summed E-state index contributed by atoms with van der Waals surface area (Å²) >= 11 is 0. The molecule has 4 heteroatoms. The minimum absolute atomic E-state index is 0.113. The summed E-state index contributed by atoms with van der Waals surface area (Å²) in [6.07, 6.45) is 0. The molecule has 0 fully saturated rings. The van der Waals surface area contributed by atoms with E-state index in [9.17, 15) is 4.79 Å². The standard InChI is InChI=1S/C14H22N2O2/c1-4-16(5-2)14(17)11-15-12-8-7-9-13(10-12)18-6-3/h7-10,15H,4-6,11H2,1-3H3. The normalized spacial score (nSPS) is 9.94. The Bertz CT molecular complexity index is 376. The molecule has 0 bridgehead atoms. The van der Waals surface area contributed by atoms with E-state index in [1.54, 1.807) is 4.90 Å². The molecule has 0 aromatic heterocycles. The minimum atomic E-state index is 0.113. The number of amides is 1. The third-order valence-corrected chi connectivity index (χ3v) is 2.70. The smallest absolute Gasteiger partial charge is 0.241 e. The lowest BCUT2D eigenvalue weighted by Gasteiger charge is -2.19. The van der Waals surface area contributed by atoms with Crippen LogP contribution in [0.25, 0.3) is 0 Å². The van der Waals surface area contributed by atoms with Crippen molar-refractivity contribution in [2.24, 2.45) is 0 Å². The van der Waals surface area contributed by atoms with Crippen molar-refractivity contribution >= 4 is 11.6 Å². The van der Waals surface area contributed by atoms with Gasteiger partial charge in [-0.05, 0) is 32.9 Å². The van der Waals surface area contributed by atoms with Gasteiger partial charge in [-0.3, -0.25) is 4.79 Å². The highest BCUT2D eigenvalue weighted by atomic mass is 16.5. The maximum atomic E-state index is 11.8. The summed E-state index contributed by atoms with van der Waals surface area (Å²) in [6, 6.07) is 7.65. The molecule has 0 unspecified atom stereocenters. The van der Waals surface area contributed by atoms with Crippen molar-refractivity contribution < 1.29 is 9.53 Å². The van der Waals surface area contributed by atoms with Crippen molar-refractivity contribution in [3.05, 3.63) is 24.3 Å². The molecule has 0 saturated carbocycles. The molecule has 0 spiro atoms. The number of likely N-dealkylation sites (N-methyl/N-ethyl adjacent to an activating group) is 1. The number of benzene rings is 1. The Hall–Kier alpha value is -1.71. The van der Waals surface area contributed by atoms with Gasteiger partial charge in [0.25, 0.3) is 0 Å². The van der Waals surface area contributed by atoms with E-state index in [2.05, 4.69) is 5.32 Å². The highest BCUT2D eigenvalue weighted by Gasteiger charge is 2.08. The highest BCUT2D eigenvalue weighted by molar-refractivity contribution is 5.80. The number of nitrogens with one attached hydrogen (secondary N) is 1. The van der Waals surface area contributed by atoms with Crippen LogP contribution in [0.3, 0.4) is 0 Å². The summed E-state index contributed by atoms with van der Waals surface area (Å²) in [5, 5.41) is 3.12. The van der Waals surface area contributed by atoms with Gasteiger partial charge in [-0.2, -0.15) is 0 Å². The zero-order valence-corrected chi connectivity index (χ0v) is 11.4. The second-order valence-electron chi connectivity index (χ2n) is 3.88. The Morgan fingerprint density at radius 2 is 2.00 bits per heavy atom. The summed E-state index contributed by atoms with van der Waals surface area (Å²) in [5.74, 6) is 0.930. The quantitative estimate of drug-likeness (QED) is 0.807. The summed E-state index contributed by atoms with van der Waals surface area (Å²) < 4.78 is 5.41. The van der Waals surface area contributed by atoms with Gasteiger partial charge < -0.3 is 15.0 Å². The first kappa shape index (κ1) is 14.4. The molecular formula is C14H22N2O2. The number of carbonyl (C=O) groups excluding carboxylic acids is 1. The Labute approximate surface area is 109 Å². The molecule has 0 radical (unpaired) electrons. The van der Waals surface area contributed by atoms with Crippen LogP contribution in [0.1, 0.15) is 20.8 Å². The second-order valence-corrected chi connectivity index (χ2v) is 3.88. The molecule has 0 aliphatic rings. The fraction of sp³-hybridized carbons (Fsp3) is 0.500. The summed E-state index contributed by atoms with van der Waals surface area (Å²) in [5.41, 5.74) is 0.904. The van der Waals surface area contributed by atoms with Crippen LogP contribution in [0.2, 0.25) is 0 Å². The monoisotopic (exact) mass is 250 g/mol. The topological polar surface area (TPSA) is 41.6 Å². The van der Waals surface area contributed by atoms with Gasteiger partial charge >= 0.3 is 0 Å². The molecule has 4 nitrogen and oxygen atoms in total. The maximum Gasteiger partial charge on any atom is 0.241 e. The van der Waals surface area contributed by atoms with E-state index < -0.39 is 0 Å². The lowest BCUT2D eigenvalue weighted by molar-refractivity contribution is -0.128. The molecule has 0 heterocycles. The predicted octanol–water partition coefficient (Wildman–Crippen LogP) is 2.37. The van der Waals surface area contributed by atoms with Crippen molar-refractivity contribution in [2.45, 2.75) is 20.8 Å². The number of rotatable bonds is 7. The number of ether oxygens (including phenoxy) is 1. The highest BCUT2D eigenvalue weighted by Crippen LogP contribution is 2.16. The lowest BCUT2D eigenvalue weighted by Crippen LogP contribution is -2.35. The van der Waals surface area contributed by atoms with Gasteiger partial charge in [-0.15, -0.1) is 0 Å². The number of hydrogen-bond donors (Lipinski definition) is 1. The number of anilines is 1. The molecule has 0 aliphatic heterocycles. The van der Waals surface area contributed by atoms with E-state index in [0.717, 1.165) is 24.5 Å². The van der Waals surface area contributed by atoms with Crippen molar-refractivity contribution in [3.8, 4) is 5.75 Å². The van der Waals surface area contributed by atoms with Gasteiger partial charge in [0.15, 0.2) is 0 Å². The van der Waals surface area contributed by atoms with Crippen molar-refractivity contribution in [3.63, 3.8) is 0 Å². The van der Waals surface area contributed by atoms with Crippen LogP contribution in [-0.2, 0) is 4.79 Å². The molecule has 18 heavy (non-hydrogen) atoms. The predicted molar refractivity (Wildman–Crippen MR) is 74.0 cm³/mol. The molecule has 0 aliphatic carbocycles. The van der Waals surface area contributed by atoms with Gasteiger partial charge in [0, 0.05) is 24.8 Å². The van der Waals surface area contributed by atoms with Gasteiger partial charge in [0.05, 0.1) is 13.2 Å². The largest absolute Gasteiger partial charge is 0.494 e. The molecule has 1 rings (SSSR count). The minimum Gasteiger partial charge on any atom is -0.494 e. The molecule has 0 saturated heterocycles. The first-order chi connectivity index (χ1) is 8.71. The van der Waals surface area contributed by atoms with Crippen LogP contribution in [0, 0.1) is 0 Å². The summed E-state index contributed by atoms with van der Waals surface area (Å²) in [7, 11) is 0. The Balaban J connectivity index is 2.52. The van der Waals surface area contributed by atoms with E-state index in [1.165, 1.54) is 0 Å². The second kappa shape index (κ2) is 7.58. The molecule has 0 atom stereocenters. The van der Waals surface area contributed by atoms with Crippen LogP contribution in [0.15, 0.2) is 24.3 Å². The van der Waals surface area contributed by atoms with Crippen LogP contribution in [0.4, 0.5) is 5.69 Å². The lowest BCUT2D eigenvalue weighted by atomic mass is 10.3. The third kappa shape index (κ3) is 4.28. The van der Waals surface area contributed by atoms with Gasteiger partial charge in [0.1, 0.15) is 5.75 Å². The first-order valence-electron chi connectivity index (χ1n) is 6.45. The summed E-state index contributed by atoms with van der Waals surface area (Å²) in [4.78, 5) is 13.6. The number of hydrogen-bond acceptors (Lipinski definition) is 3. The summed E-state index contributed by atoms with van der Waals surface area (Å²) in [6.45, 7) is 8.36. The molecule has 1 aromatic carbocycles. The molecule has 100 valence electrons. The Morgan fingerprint density at radius 1 is 1.28 bits per heavy atom. The van der Waals surface area contributed by atoms with Crippen molar-refractivity contribution in [1.29, 1.82) is 0 Å². The molecular weight excluding hydrogens is 228 g/mol. The first-order valence-corrected chi connectivity index (χ1v) is 6.45. The molecule has 1 aromatic rings. The zero-order chi connectivity index (χ0) is 13.4. The van der Waals surface area contributed by atoms with Gasteiger partial charge in [-0.1, -0.05) is 6.07 Å². The Kier molecular flexibility index (Phi) is 6.05. The average Bonchev–Trinajstić information content (AvgIpc) is 2.39. The number of nitrogens with zero attached hydrogens (tertiary/aromatic N) is 1. The molecule has 1 N–H and O–H groups in total. The Morgan fingerprint density at radius 3 is 2.61 bits per heavy atom. The molecule has 1 amide bonds.